The molecular formula is C18H24N4O3. The molecule has 0 atom stereocenters. The largest absolute Gasteiger partial charge is 0.493 e. The van der Waals surface area contributed by atoms with Crippen LogP contribution in [0.2, 0.25) is 0 Å². The van der Waals surface area contributed by atoms with Gasteiger partial charge >= 0.3 is 11.8 Å². The molecule has 0 aliphatic heterocycles. The van der Waals surface area contributed by atoms with Gasteiger partial charge in [-0.2, -0.15) is 0 Å². The third-order valence-corrected chi connectivity index (χ3v) is 3.76. The number of aromatic nitrogens is 1. The van der Waals surface area contributed by atoms with Crippen LogP contribution in [0.5, 0.6) is 5.88 Å². The number of aromatic hydroxyl groups is 1. The fourth-order valence-corrected chi connectivity index (χ4v) is 2.58. The number of para-hydroxylation sites is 1. The number of nitrogens with zero attached hydrogens (tertiary/aromatic N) is 3. The third kappa shape index (κ3) is 4.43. The molecule has 2 aromatic rings. The summed E-state index contributed by atoms with van der Waals surface area (Å²) in [5, 5.41) is 21.0. The Morgan fingerprint density at radius 3 is 2.64 bits per heavy atom. The first kappa shape index (κ1) is 18.6. The molecule has 1 aromatic heterocycles. The minimum Gasteiger partial charge on any atom is -0.493 e. The lowest BCUT2D eigenvalue weighted by Gasteiger charge is -2.06. The van der Waals surface area contributed by atoms with Gasteiger partial charge in [0.2, 0.25) is 5.88 Å². The number of benzene rings is 1. The van der Waals surface area contributed by atoms with Crippen LogP contribution < -0.4 is 5.32 Å². The molecule has 0 bridgehead atoms. The molecule has 1 aromatic carbocycles. The Balaban J connectivity index is 2.31. The first-order chi connectivity index (χ1) is 12.0. The highest BCUT2D eigenvalue weighted by Gasteiger charge is 2.18. The molecule has 0 spiro atoms. The number of nitrogens with one attached hydrogen (secondary N) is 1. The molecule has 1 heterocycles. The van der Waals surface area contributed by atoms with E-state index < -0.39 is 11.8 Å². The Morgan fingerprint density at radius 1 is 1.24 bits per heavy atom. The molecule has 7 nitrogen and oxygen atoms in total. The second kappa shape index (κ2) is 8.41. The van der Waals surface area contributed by atoms with Crippen molar-refractivity contribution < 1.29 is 14.7 Å². The summed E-state index contributed by atoms with van der Waals surface area (Å²) in [5.41, 5.74) is 1.03. The predicted octanol–water partition coefficient (Wildman–Crippen LogP) is 3.67. The lowest BCUT2D eigenvalue weighted by molar-refractivity contribution is -0.137. The summed E-state index contributed by atoms with van der Waals surface area (Å²) >= 11 is 0. The molecule has 0 saturated heterocycles. The van der Waals surface area contributed by atoms with Gasteiger partial charge in [-0.1, -0.05) is 38.0 Å². The van der Waals surface area contributed by atoms with Crippen molar-refractivity contribution in [1.29, 1.82) is 0 Å². The number of hydrogen-bond donors (Lipinski definition) is 2. The molecular weight excluding hydrogens is 320 g/mol. The molecule has 0 fully saturated rings. The summed E-state index contributed by atoms with van der Waals surface area (Å²) in [6, 6.07) is 7.22. The highest BCUT2D eigenvalue weighted by molar-refractivity contribution is 6.35. The summed E-state index contributed by atoms with van der Waals surface area (Å²) in [6.45, 7) is 6.26. The van der Waals surface area contributed by atoms with Crippen molar-refractivity contribution in [3.05, 3.63) is 24.3 Å². The molecule has 0 unspecified atom stereocenters. The van der Waals surface area contributed by atoms with Crippen LogP contribution in [0.3, 0.4) is 0 Å². The molecule has 2 N–H and O–H groups in total. The van der Waals surface area contributed by atoms with Crippen molar-refractivity contribution in [1.82, 2.24) is 9.88 Å². The zero-order valence-corrected chi connectivity index (χ0v) is 14.8. The monoisotopic (exact) mass is 344 g/mol. The topological polar surface area (TPSA) is 96.0 Å². The van der Waals surface area contributed by atoms with Gasteiger partial charge in [-0.05, 0) is 26.3 Å². The maximum absolute atomic E-state index is 11.8. The molecule has 0 aliphatic carbocycles. The van der Waals surface area contributed by atoms with E-state index in [0.717, 1.165) is 24.8 Å². The van der Waals surface area contributed by atoms with E-state index in [1.807, 2.05) is 18.2 Å². The van der Waals surface area contributed by atoms with Crippen LogP contribution in [0, 0.1) is 0 Å². The highest BCUT2D eigenvalue weighted by Crippen LogP contribution is 2.38. The smallest absolute Gasteiger partial charge is 0.353 e. The standard InChI is InChI=1S/C18H24N4O3/c1-4-5-8-11-22-14-10-7-6-9-13(14)15(18(22)25)20-21-17(24)16(23)19-12(2)3/h6-7,9-10,12,25H,4-5,8,11H2,1-3H3,(H,19,23). The molecule has 7 heteroatoms. The summed E-state index contributed by atoms with van der Waals surface area (Å²) in [4.78, 5) is 23.4. The van der Waals surface area contributed by atoms with E-state index in [4.69, 9.17) is 0 Å². The quantitative estimate of drug-likeness (QED) is 0.475. The average Bonchev–Trinajstić information content (AvgIpc) is 2.84. The fraction of sp³-hybridized carbons (Fsp3) is 0.444. The minimum absolute atomic E-state index is 0.0434. The van der Waals surface area contributed by atoms with E-state index in [9.17, 15) is 14.7 Å². The van der Waals surface area contributed by atoms with Crippen molar-refractivity contribution >= 4 is 28.4 Å². The van der Waals surface area contributed by atoms with Gasteiger partial charge in [0.05, 0.1) is 5.52 Å². The van der Waals surface area contributed by atoms with Crippen LogP contribution in [-0.4, -0.2) is 27.5 Å². The second-order valence-corrected chi connectivity index (χ2v) is 6.18. The van der Waals surface area contributed by atoms with Gasteiger partial charge in [-0.15, -0.1) is 10.2 Å². The molecule has 0 radical (unpaired) electrons. The lowest BCUT2D eigenvalue weighted by atomic mass is 10.2. The van der Waals surface area contributed by atoms with Gasteiger partial charge in [-0.25, -0.2) is 0 Å². The maximum atomic E-state index is 11.8. The highest BCUT2D eigenvalue weighted by atomic mass is 16.3. The van der Waals surface area contributed by atoms with Crippen LogP contribution in [0.15, 0.2) is 34.5 Å². The predicted molar refractivity (Wildman–Crippen MR) is 95.9 cm³/mol. The van der Waals surface area contributed by atoms with Crippen LogP contribution in [0.25, 0.3) is 10.9 Å². The number of fused-ring (bicyclic) bond motifs is 1. The summed E-state index contributed by atoms with van der Waals surface area (Å²) < 4.78 is 1.76. The van der Waals surface area contributed by atoms with Crippen LogP contribution >= 0.6 is 0 Å². The van der Waals surface area contributed by atoms with Crippen molar-refractivity contribution in [2.75, 3.05) is 0 Å². The Bertz CT molecular complexity index is 793. The van der Waals surface area contributed by atoms with E-state index in [1.165, 1.54) is 0 Å². The molecule has 0 saturated carbocycles. The third-order valence-electron chi connectivity index (χ3n) is 3.76. The van der Waals surface area contributed by atoms with Gasteiger partial charge in [0.25, 0.3) is 0 Å². The molecule has 0 aliphatic rings. The number of aryl methyl sites for hydroxylation is 1. The number of hydrogen-bond acceptors (Lipinski definition) is 4. The lowest BCUT2D eigenvalue weighted by Crippen LogP contribution is -2.34. The molecule has 2 amide bonds. The van der Waals surface area contributed by atoms with E-state index in [1.54, 1.807) is 24.5 Å². The second-order valence-electron chi connectivity index (χ2n) is 6.18. The SMILES string of the molecule is CCCCCn1c(O)c(N=NC(=O)C(=O)NC(C)C)c2ccccc21. The molecule has 25 heavy (non-hydrogen) atoms. The minimum atomic E-state index is -0.990. The van der Waals surface area contributed by atoms with E-state index >= 15 is 0 Å². The van der Waals surface area contributed by atoms with Crippen molar-refractivity contribution in [2.45, 2.75) is 52.6 Å². The van der Waals surface area contributed by atoms with Gasteiger partial charge in [0, 0.05) is 18.0 Å². The Hall–Kier alpha value is -2.70. The number of carbonyl (C=O) groups is 2. The van der Waals surface area contributed by atoms with Gasteiger partial charge in [0.15, 0.2) is 5.69 Å². The summed E-state index contributed by atoms with van der Waals surface area (Å²) in [7, 11) is 0. The number of rotatable bonds is 6. The van der Waals surface area contributed by atoms with Crippen molar-refractivity contribution in [2.24, 2.45) is 10.2 Å². The van der Waals surface area contributed by atoms with E-state index in [2.05, 4.69) is 22.5 Å². The first-order valence-corrected chi connectivity index (χ1v) is 8.52. The Morgan fingerprint density at radius 2 is 1.96 bits per heavy atom. The Kier molecular flexibility index (Phi) is 6.27. The van der Waals surface area contributed by atoms with Crippen molar-refractivity contribution in [3.8, 4) is 5.88 Å². The number of unbranched alkanes of at least 4 members (excludes halogenated alkanes) is 2. The summed E-state index contributed by atoms with van der Waals surface area (Å²) in [5.74, 6) is -1.85. The van der Waals surface area contributed by atoms with Crippen LogP contribution in [-0.2, 0) is 16.1 Å². The normalized spacial score (nSPS) is 11.5. The van der Waals surface area contributed by atoms with Gasteiger partial charge in [0.1, 0.15) is 0 Å². The average molecular weight is 344 g/mol. The molecule has 134 valence electrons. The molecule has 2 rings (SSSR count). The summed E-state index contributed by atoms with van der Waals surface area (Å²) in [6.07, 6.45) is 3.05. The van der Waals surface area contributed by atoms with Crippen molar-refractivity contribution in [3.63, 3.8) is 0 Å². The van der Waals surface area contributed by atoms with Crippen LogP contribution in [0.1, 0.15) is 40.0 Å². The number of amides is 2. The number of carbonyl (C=O) groups excluding carboxylic acids is 2. The fourth-order valence-electron chi connectivity index (χ4n) is 2.58. The maximum Gasteiger partial charge on any atom is 0.353 e. The van der Waals surface area contributed by atoms with E-state index in [-0.39, 0.29) is 17.6 Å². The van der Waals surface area contributed by atoms with Gasteiger partial charge < -0.3 is 15.0 Å². The Labute approximate surface area is 146 Å². The zero-order valence-electron chi connectivity index (χ0n) is 14.8. The first-order valence-electron chi connectivity index (χ1n) is 8.52. The van der Waals surface area contributed by atoms with E-state index in [0.29, 0.717) is 11.9 Å². The van der Waals surface area contributed by atoms with Crippen LogP contribution in [0.4, 0.5) is 5.69 Å². The zero-order chi connectivity index (χ0) is 18.4. The van der Waals surface area contributed by atoms with Gasteiger partial charge in [-0.3, -0.25) is 9.59 Å². The number of azo groups is 1.